The van der Waals surface area contributed by atoms with E-state index in [1.807, 2.05) is 31.2 Å². The second kappa shape index (κ2) is 8.08. The maximum atomic E-state index is 12.3. The standard InChI is InChI=1S/C22H22O5/c1-4-8-16-13-19(23)27-20-14(2)18(12-11-17(16)20)26-21(22(24)25-3)15-9-6-5-7-10-15/h5-7,9-13,21H,4,8H2,1-3H3. The zero-order valence-corrected chi connectivity index (χ0v) is 15.7. The monoisotopic (exact) mass is 366 g/mol. The van der Waals surface area contributed by atoms with Gasteiger partial charge in [-0.3, -0.25) is 0 Å². The van der Waals surface area contributed by atoms with Crippen molar-refractivity contribution in [2.24, 2.45) is 0 Å². The Morgan fingerprint density at radius 1 is 1.15 bits per heavy atom. The van der Waals surface area contributed by atoms with Gasteiger partial charge in [0.05, 0.1) is 7.11 Å². The van der Waals surface area contributed by atoms with Crippen molar-refractivity contribution >= 4 is 16.9 Å². The minimum absolute atomic E-state index is 0.390. The Kier molecular flexibility index (Phi) is 5.60. The predicted molar refractivity (Wildman–Crippen MR) is 103 cm³/mol. The maximum Gasteiger partial charge on any atom is 0.351 e. The van der Waals surface area contributed by atoms with Crippen LogP contribution in [0, 0.1) is 6.92 Å². The summed E-state index contributed by atoms with van der Waals surface area (Å²) in [6.07, 6.45) is 0.808. The van der Waals surface area contributed by atoms with E-state index in [2.05, 4.69) is 6.92 Å². The Balaban J connectivity index is 2.07. The smallest absolute Gasteiger partial charge is 0.351 e. The van der Waals surface area contributed by atoms with Crippen LogP contribution in [0.15, 0.2) is 57.7 Å². The molecule has 140 valence electrons. The molecular formula is C22H22O5. The van der Waals surface area contributed by atoms with Gasteiger partial charge in [0.1, 0.15) is 11.3 Å². The highest BCUT2D eigenvalue weighted by Crippen LogP contribution is 2.32. The van der Waals surface area contributed by atoms with E-state index in [0.717, 1.165) is 23.8 Å². The zero-order chi connectivity index (χ0) is 19.4. The molecule has 0 aliphatic heterocycles. The molecule has 1 atom stereocenters. The number of aryl methyl sites for hydroxylation is 2. The van der Waals surface area contributed by atoms with E-state index in [9.17, 15) is 9.59 Å². The fourth-order valence-corrected chi connectivity index (χ4v) is 3.13. The molecule has 5 heteroatoms. The molecule has 1 aromatic heterocycles. The van der Waals surface area contributed by atoms with Crippen LogP contribution < -0.4 is 10.4 Å². The second-order valence-electron chi connectivity index (χ2n) is 6.34. The number of carbonyl (C=O) groups excluding carboxylic acids is 1. The summed E-state index contributed by atoms with van der Waals surface area (Å²) in [5.41, 5.74) is 2.40. The molecule has 0 fully saturated rings. The molecule has 27 heavy (non-hydrogen) atoms. The quantitative estimate of drug-likeness (QED) is 0.479. The Bertz CT molecular complexity index is 1000. The van der Waals surface area contributed by atoms with E-state index in [-0.39, 0.29) is 0 Å². The van der Waals surface area contributed by atoms with Gasteiger partial charge in [-0.05, 0) is 31.0 Å². The molecule has 5 nitrogen and oxygen atoms in total. The average Bonchev–Trinajstić information content (AvgIpc) is 2.68. The van der Waals surface area contributed by atoms with Crippen molar-refractivity contribution in [1.29, 1.82) is 0 Å². The van der Waals surface area contributed by atoms with Gasteiger partial charge in [0.25, 0.3) is 0 Å². The van der Waals surface area contributed by atoms with Crippen molar-refractivity contribution in [2.75, 3.05) is 7.11 Å². The Morgan fingerprint density at radius 3 is 2.56 bits per heavy atom. The Morgan fingerprint density at radius 2 is 1.89 bits per heavy atom. The molecule has 0 N–H and O–H groups in total. The number of carbonyl (C=O) groups is 1. The number of hydrogen-bond acceptors (Lipinski definition) is 5. The summed E-state index contributed by atoms with van der Waals surface area (Å²) < 4.78 is 16.3. The first-order valence-electron chi connectivity index (χ1n) is 8.91. The van der Waals surface area contributed by atoms with Crippen molar-refractivity contribution < 1.29 is 18.7 Å². The van der Waals surface area contributed by atoms with Gasteiger partial charge in [-0.15, -0.1) is 0 Å². The van der Waals surface area contributed by atoms with Crippen LogP contribution in [0.3, 0.4) is 0 Å². The van der Waals surface area contributed by atoms with Gasteiger partial charge >= 0.3 is 11.6 Å². The predicted octanol–water partition coefficient (Wildman–Crippen LogP) is 4.35. The molecule has 0 spiro atoms. The van der Waals surface area contributed by atoms with Gasteiger partial charge in [-0.25, -0.2) is 9.59 Å². The van der Waals surface area contributed by atoms with Crippen molar-refractivity contribution in [1.82, 2.24) is 0 Å². The fraction of sp³-hybridized carbons (Fsp3) is 0.273. The molecule has 0 radical (unpaired) electrons. The van der Waals surface area contributed by atoms with E-state index in [0.29, 0.717) is 22.5 Å². The summed E-state index contributed by atoms with van der Waals surface area (Å²) >= 11 is 0. The van der Waals surface area contributed by atoms with Gasteiger partial charge in [0.2, 0.25) is 6.10 Å². The van der Waals surface area contributed by atoms with E-state index in [1.165, 1.54) is 13.2 Å². The lowest BCUT2D eigenvalue weighted by Crippen LogP contribution is -2.20. The first kappa shape index (κ1) is 18.7. The van der Waals surface area contributed by atoms with Crippen LogP contribution in [0.4, 0.5) is 0 Å². The summed E-state index contributed by atoms with van der Waals surface area (Å²) in [7, 11) is 1.32. The molecular weight excluding hydrogens is 344 g/mol. The number of benzene rings is 2. The van der Waals surface area contributed by atoms with E-state index in [1.54, 1.807) is 18.2 Å². The summed E-state index contributed by atoms with van der Waals surface area (Å²) in [6, 6.07) is 14.3. The van der Waals surface area contributed by atoms with Crippen LogP contribution in [-0.4, -0.2) is 13.1 Å². The highest BCUT2D eigenvalue weighted by molar-refractivity contribution is 5.85. The maximum absolute atomic E-state index is 12.3. The largest absolute Gasteiger partial charge is 0.474 e. The first-order valence-corrected chi connectivity index (χ1v) is 8.91. The lowest BCUT2D eigenvalue weighted by molar-refractivity contribution is -0.149. The van der Waals surface area contributed by atoms with Crippen molar-refractivity contribution in [3.05, 3.63) is 75.6 Å². The Labute approximate surface area is 157 Å². The highest BCUT2D eigenvalue weighted by Gasteiger charge is 2.25. The van der Waals surface area contributed by atoms with E-state index in [4.69, 9.17) is 13.9 Å². The van der Waals surface area contributed by atoms with Gasteiger partial charge < -0.3 is 13.9 Å². The minimum Gasteiger partial charge on any atom is -0.474 e. The summed E-state index contributed by atoms with van der Waals surface area (Å²) in [5, 5.41) is 0.885. The molecule has 0 aliphatic rings. The minimum atomic E-state index is -0.905. The molecule has 0 aliphatic carbocycles. The third-order valence-corrected chi connectivity index (χ3v) is 4.48. The molecule has 0 bridgehead atoms. The zero-order valence-electron chi connectivity index (χ0n) is 15.7. The van der Waals surface area contributed by atoms with Gasteiger partial charge in [-0.2, -0.15) is 0 Å². The molecule has 3 rings (SSSR count). The topological polar surface area (TPSA) is 65.7 Å². The second-order valence-corrected chi connectivity index (χ2v) is 6.34. The number of methoxy groups -OCH3 is 1. The van der Waals surface area contributed by atoms with Crippen LogP contribution in [0.25, 0.3) is 11.0 Å². The molecule has 1 heterocycles. The molecule has 1 unspecified atom stereocenters. The molecule has 0 saturated carbocycles. The SMILES string of the molecule is CCCc1cc(=O)oc2c(C)c(OC(C(=O)OC)c3ccccc3)ccc12. The van der Waals surface area contributed by atoms with Gasteiger partial charge in [0.15, 0.2) is 0 Å². The average molecular weight is 366 g/mol. The normalized spacial score (nSPS) is 12.0. The molecule has 3 aromatic rings. The molecule has 2 aromatic carbocycles. The Hall–Kier alpha value is -3.08. The first-order chi connectivity index (χ1) is 13.0. The third-order valence-electron chi connectivity index (χ3n) is 4.48. The highest BCUT2D eigenvalue weighted by atomic mass is 16.6. The van der Waals surface area contributed by atoms with Crippen LogP contribution >= 0.6 is 0 Å². The summed E-state index contributed by atoms with van der Waals surface area (Å²) in [4.78, 5) is 24.2. The summed E-state index contributed by atoms with van der Waals surface area (Å²) in [5.74, 6) is -0.0274. The summed E-state index contributed by atoms with van der Waals surface area (Å²) in [6.45, 7) is 3.88. The number of fused-ring (bicyclic) bond motifs is 1. The molecule has 0 saturated heterocycles. The van der Waals surface area contributed by atoms with Crippen LogP contribution in [0.2, 0.25) is 0 Å². The van der Waals surface area contributed by atoms with Crippen LogP contribution in [0.5, 0.6) is 5.75 Å². The van der Waals surface area contributed by atoms with E-state index < -0.39 is 17.7 Å². The lowest BCUT2D eigenvalue weighted by atomic mass is 10.0. The van der Waals surface area contributed by atoms with Gasteiger partial charge in [-0.1, -0.05) is 43.7 Å². The number of hydrogen-bond donors (Lipinski definition) is 0. The van der Waals surface area contributed by atoms with E-state index >= 15 is 0 Å². The number of ether oxygens (including phenoxy) is 2. The fourth-order valence-electron chi connectivity index (χ4n) is 3.13. The van der Waals surface area contributed by atoms with Crippen LogP contribution in [-0.2, 0) is 16.0 Å². The number of esters is 1. The lowest BCUT2D eigenvalue weighted by Gasteiger charge is -2.19. The third kappa shape index (κ3) is 3.87. The molecule has 0 amide bonds. The van der Waals surface area contributed by atoms with Gasteiger partial charge in [0, 0.05) is 22.6 Å². The number of rotatable bonds is 6. The van der Waals surface area contributed by atoms with Crippen molar-refractivity contribution in [3.8, 4) is 5.75 Å². The van der Waals surface area contributed by atoms with Crippen molar-refractivity contribution in [3.63, 3.8) is 0 Å². The van der Waals surface area contributed by atoms with Crippen molar-refractivity contribution in [2.45, 2.75) is 32.8 Å². The van der Waals surface area contributed by atoms with Crippen LogP contribution in [0.1, 0.15) is 36.1 Å².